The van der Waals surface area contributed by atoms with Gasteiger partial charge >= 0.3 is 0 Å². The molecule has 0 atom stereocenters. The van der Waals surface area contributed by atoms with Gasteiger partial charge in [-0.2, -0.15) is 0 Å². The average molecular weight is 715 g/mol. The van der Waals surface area contributed by atoms with Crippen LogP contribution in [0.15, 0.2) is 194 Å². The van der Waals surface area contributed by atoms with Crippen LogP contribution in [0.5, 0.6) is 0 Å². The van der Waals surface area contributed by atoms with Crippen molar-refractivity contribution in [3.8, 4) is 78.7 Å². The molecule has 1 aromatic heterocycles. The summed E-state index contributed by atoms with van der Waals surface area (Å²) in [5, 5.41) is 0. The van der Waals surface area contributed by atoms with E-state index >= 15 is 0 Å². The van der Waals surface area contributed by atoms with Gasteiger partial charge in [0, 0.05) is 22.4 Å². The lowest BCUT2D eigenvalue weighted by molar-refractivity contribution is 0.794. The van der Waals surface area contributed by atoms with Crippen LogP contribution in [0, 0.1) is 0 Å². The minimum atomic E-state index is -0.418. The molecule has 11 rings (SSSR count). The van der Waals surface area contributed by atoms with E-state index in [2.05, 4.69) is 152 Å². The molecule has 262 valence electrons. The maximum atomic E-state index is 6.52. The number of aromatic nitrogens is 3. The highest BCUT2D eigenvalue weighted by Gasteiger charge is 2.51. The molecule has 0 saturated heterocycles. The lowest BCUT2D eigenvalue weighted by atomic mass is 9.70. The van der Waals surface area contributed by atoms with Crippen molar-refractivity contribution in [1.82, 2.24) is 15.0 Å². The number of anilines is 1. The number of benzene rings is 8. The Balaban J connectivity index is 1.05. The normalized spacial score (nSPS) is 12.9. The lowest BCUT2D eigenvalue weighted by Crippen LogP contribution is -2.25. The summed E-state index contributed by atoms with van der Waals surface area (Å²) in [6.07, 6.45) is 0. The SMILES string of the molecule is Nc1ccc2c(c1)-c1cc(-c3cccc(-c4nc(-c5ccccc5)nc(-c5cccc(-c6ccccc6)c5)n4)c3)ccc1C21c2ccccc2-c2ccccc21. The predicted octanol–water partition coefficient (Wildman–Crippen LogP) is 12.1. The van der Waals surface area contributed by atoms with Crippen molar-refractivity contribution in [2.75, 3.05) is 5.73 Å². The molecule has 0 aliphatic heterocycles. The Morgan fingerprint density at radius 3 is 1.30 bits per heavy atom. The molecule has 4 nitrogen and oxygen atoms in total. The molecule has 2 aliphatic rings. The molecule has 8 aromatic carbocycles. The molecule has 56 heavy (non-hydrogen) atoms. The fourth-order valence-corrected chi connectivity index (χ4v) is 9.00. The van der Waals surface area contributed by atoms with Crippen LogP contribution in [-0.2, 0) is 5.41 Å². The summed E-state index contributed by atoms with van der Waals surface area (Å²) in [4.78, 5) is 15.2. The standard InChI is InChI=1S/C52H34N4/c53-40-26-28-48-44(32-40)43-31-37(25-27-47(43)52(48)45-23-9-7-21-41(45)42-22-8-10-24-46(42)52)36-18-12-20-39(30-36)51-55-49(34-15-5-2-6-16-34)54-50(56-51)38-19-11-17-35(29-38)33-13-3-1-4-14-33/h1-32H,53H2. The molecule has 2 aliphatic carbocycles. The number of nitrogens with zero attached hydrogens (tertiary/aromatic N) is 3. The molecule has 0 saturated carbocycles. The van der Waals surface area contributed by atoms with Crippen LogP contribution in [0.25, 0.3) is 78.7 Å². The molecular formula is C52H34N4. The molecule has 0 radical (unpaired) electrons. The van der Waals surface area contributed by atoms with Crippen LogP contribution >= 0.6 is 0 Å². The number of hydrogen-bond acceptors (Lipinski definition) is 4. The summed E-state index contributed by atoms with van der Waals surface area (Å²) in [6.45, 7) is 0. The van der Waals surface area contributed by atoms with E-state index in [-0.39, 0.29) is 0 Å². The van der Waals surface area contributed by atoms with E-state index < -0.39 is 5.41 Å². The first-order valence-electron chi connectivity index (χ1n) is 19.0. The quantitative estimate of drug-likeness (QED) is 0.180. The van der Waals surface area contributed by atoms with Crippen molar-refractivity contribution in [2.45, 2.75) is 5.41 Å². The molecule has 0 unspecified atom stereocenters. The van der Waals surface area contributed by atoms with Crippen molar-refractivity contribution in [3.05, 3.63) is 216 Å². The second-order valence-corrected chi connectivity index (χ2v) is 14.6. The Bertz CT molecular complexity index is 2940. The minimum Gasteiger partial charge on any atom is -0.399 e. The van der Waals surface area contributed by atoms with Gasteiger partial charge in [0.2, 0.25) is 0 Å². The summed E-state index contributed by atoms with van der Waals surface area (Å²) in [5.41, 5.74) is 24.2. The van der Waals surface area contributed by atoms with E-state index in [1.54, 1.807) is 0 Å². The van der Waals surface area contributed by atoms with Crippen LogP contribution in [0.4, 0.5) is 5.69 Å². The lowest BCUT2D eigenvalue weighted by Gasteiger charge is -2.30. The maximum Gasteiger partial charge on any atom is 0.164 e. The summed E-state index contributed by atoms with van der Waals surface area (Å²) in [5.74, 6) is 1.89. The molecule has 1 spiro atoms. The zero-order valence-electron chi connectivity index (χ0n) is 30.4. The van der Waals surface area contributed by atoms with E-state index in [0.717, 1.165) is 44.6 Å². The molecule has 2 N–H and O–H groups in total. The first-order chi connectivity index (χ1) is 27.6. The third kappa shape index (κ3) is 4.89. The molecule has 0 amide bonds. The number of fused-ring (bicyclic) bond motifs is 10. The number of rotatable bonds is 5. The number of hydrogen-bond donors (Lipinski definition) is 1. The summed E-state index contributed by atoms with van der Waals surface area (Å²) in [7, 11) is 0. The molecule has 0 fully saturated rings. The van der Waals surface area contributed by atoms with Crippen molar-refractivity contribution in [3.63, 3.8) is 0 Å². The zero-order chi connectivity index (χ0) is 37.2. The van der Waals surface area contributed by atoms with Gasteiger partial charge in [-0.25, -0.2) is 15.0 Å². The van der Waals surface area contributed by atoms with Crippen LogP contribution in [0.1, 0.15) is 22.3 Å². The molecular weight excluding hydrogens is 681 g/mol. The highest BCUT2D eigenvalue weighted by molar-refractivity contribution is 5.96. The van der Waals surface area contributed by atoms with Crippen LogP contribution in [-0.4, -0.2) is 15.0 Å². The minimum absolute atomic E-state index is 0.418. The third-order valence-corrected chi connectivity index (χ3v) is 11.5. The molecule has 4 heteroatoms. The predicted molar refractivity (Wildman–Crippen MR) is 228 cm³/mol. The van der Waals surface area contributed by atoms with Gasteiger partial charge in [0.05, 0.1) is 5.41 Å². The fourth-order valence-electron chi connectivity index (χ4n) is 9.00. The van der Waals surface area contributed by atoms with Gasteiger partial charge in [-0.3, -0.25) is 0 Å². The second kappa shape index (κ2) is 12.6. The monoisotopic (exact) mass is 714 g/mol. The van der Waals surface area contributed by atoms with E-state index in [1.807, 2.05) is 42.5 Å². The zero-order valence-corrected chi connectivity index (χ0v) is 30.4. The first kappa shape index (κ1) is 32.0. The van der Waals surface area contributed by atoms with Gasteiger partial charge < -0.3 is 5.73 Å². The van der Waals surface area contributed by atoms with Crippen molar-refractivity contribution in [1.29, 1.82) is 0 Å². The fraction of sp³-hybridized carbons (Fsp3) is 0.0192. The van der Waals surface area contributed by atoms with Gasteiger partial charge in [0.25, 0.3) is 0 Å². The Kier molecular flexibility index (Phi) is 7.20. The summed E-state index contributed by atoms with van der Waals surface area (Å²) >= 11 is 0. The largest absolute Gasteiger partial charge is 0.399 e. The van der Waals surface area contributed by atoms with E-state index in [1.165, 1.54) is 44.5 Å². The highest BCUT2D eigenvalue weighted by atomic mass is 15.0. The number of nitrogens with two attached hydrogens (primary N) is 1. The molecule has 0 bridgehead atoms. The Hall–Kier alpha value is -7.43. The van der Waals surface area contributed by atoms with Gasteiger partial charge in [-0.05, 0) is 97.1 Å². The summed E-state index contributed by atoms with van der Waals surface area (Å²) < 4.78 is 0. The Morgan fingerprint density at radius 1 is 0.286 bits per heavy atom. The van der Waals surface area contributed by atoms with Gasteiger partial charge in [0.1, 0.15) is 0 Å². The van der Waals surface area contributed by atoms with Crippen LogP contribution in [0.3, 0.4) is 0 Å². The Morgan fingerprint density at radius 2 is 0.696 bits per heavy atom. The number of nitrogen functional groups attached to an aromatic ring is 1. The Labute approximate surface area is 325 Å². The maximum absolute atomic E-state index is 6.52. The van der Waals surface area contributed by atoms with Gasteiger partial charge in [-0.1, -0.05) is 164 Å². The highest BCUT2D eigenvalue weighted by Crippen LogP contribution is 2.63. The average Bonchev–Trinajstić information content (AvgIpc) is 3.73. The third-order valence-electron chi connectivity index (χ3n) is 11.5. The van der Waals surface area contributed by atoms with Crippen LogP contribution < -0.4 is 5.73 Å². The van der Waals surface area contributed by atoms with E-state index in [0.29, 0.717) is 17.5 Å². The van der Waals surface area contributed by atoms with Crippen LogP contribution in [0.2, 0.25) is 0 Å². The summed E-state index contributed by atoms with van der Waals surface area (Å²) in [6, 6.07) is 68.6. The molecule has 1 heterocycles. The van der Waals surface area contributed by atoms with E-state index in [4.69, 9.17) is 20.7 Å². The van der Waals surface area contributed by atoms with Crippen molar-refractivity contribution >= 4 is 5.69 Å². The van der Waals surface area contributed by atoms with Gasteiger partial charge in [-0.15, -0.1) is 0 Å². The molecule has 9 aromatic rings. The topological polar surface area (TPSA) is 64.7 Å². The van der Waals surface area contributed by atoms with Gasteiger partial charge in [0.15, 0.2) is 17.5 Å². The van der Waals surface area contributed by atoms with E-state index in [9.17, 15) is 0 Å². The smallest absolute Gasteiger partial charge is 0.164 e. The first-order valence-corrected chi connectivity index (χ1v) is 19.0. The van der Waals surface area contributed by atoms with Crippen molar-refractivity contribution in [2.24, 2.45) is 0 Å². The second-order valence-electron chi connectivity index (χ2n) is 14.6. The van der Waals surface area contributed by atoms with Crippen molar-refractivity contribution < 1.29 is 0 Å².